The Morgan fingerprint density at radius 2 is 1.90 bits per heavy atom. The molecule has 3 aromatic rings. The van der Waals surface area contributed by atoms with Crippen LogP contribution < -0.4 is 9.47 Å². The van der Waals surface area contributed by atoms with E-state index < -0.39 is 11.2 Å². The lowest BCUT2D eigenvalue weighted by Gasteiger charge is -2.15. The average Bonchev–Trinajstić information content (AvgIpc) is 3.41. The maximum Gasteiger partial charge on any atom is 0.231 e. The van der Waals surface area contributed by atoms with Gasteiger partial charge < -0.3 is 9.47 Å². The number of ketones is 1. The molecule has 0 atom stereocenters. The topological polar surface area (TPSA) is 48.4 Å². The molecule has 6 heteroatoms. The summed E-state index contributed by atoms with van der Waals surface area (Å²) < 4.78 is 24.3. The molecule has 1 aliphatic carbocycles. The van der Waals surface area contributed by atoms with E-state index in [0.717, 1.165) is 18.4 Å². The number of rotatable bonds is 5. The zero-order valence-electron chi connectivity index (χ0n) is 15.5. The van der Waals surface area contributed by atoms with Gasteiger partial charge in [0.25, 0.3) is 0 Å². The number of benzene rings is 2. The molecule has 0 amide bonds. The van der Waals surface area contributed by atoms with E-state index in [1.54, 1.807) is 12.1 Å². The lowest BCUT2D eigenvalue weighted by atomic mass is 9.88. The summed E-state index contributed by atoms with van der Waals surface area (Å²) in [6, 6.07) is 15.7. The predicted molar refractivity (Wildman–Crippen MR) is 107 cm³/mol. The number of carbonyl (C=O) groups excluding carboxylic acids is 1. The predicted octanol–water partition coefficient (Wildman–Crippen LogP) is 5.11. The second kappa shape index (κ2) is 6.85. The summed E-state index contributed by atoms with van der Waals surface area (Å²) in [6.07, 6.45) is 1.87. The Hall–Kier alpha value is -2.92. The third-order valence-electron chi connectivity index (χ3n) is 5.57. The second-order valence-electron chi connectivity index (χ2n) is 7.39. The zero-order valence-corrected chi connectivity index (χ0v) is 16.2. The molecule has 0 radical (unpaired) electrons. The molecule has 1 aromatic heterocycles. The lowest BCUT2D eigenvalue weighted by molar-refractivity contribution is -0.120. The summed E-state index contributed by atoms with van der Waals surface area (Å²) in [5, 5.41) is 0.0468. The Labute approximate surface area is 172 Å². The molecule has 29 heavy (non-hydrogen) atoms. The number of hydrogen-bond donors (Lipinski definition) is 0. The van der Waals surface area contributed by atoms with Crippen LogP contribution in [0.4, 0.5) is 4.39 Å². The molecular weight excluding hydrogens is 393 g/mol. The van der Waals surface area contributed by atoms with Crippen LogP contribution in [0.5, 0.6) is 11.5 Å². The lowest BCUT2D eigenvalue weighted by Crippen LogP contribution is -2.23. The molecule has 1 fully saturated rings. The van der Waals surface area contributed by atoms with E-state index in [-0.39, 0.29) is 24.0 Å². The number of halogens is 2. The van der Waals surface area contributed by atoms with Crippen molar-refractivity contribution in [2.45, 2.75) is 24.7 Å². The minimum absolute atomic E-state index is 0.0468. The molecule has 1 saturated carbocycles. The first-order chi connectivity index (χ1) is 14.0. The number of pyridine rings is 1. The molecule has 0 spiro atoms. The molecular formula is C23H17ClFNO3. The second-order valence-corrected chi connectivity index (χ2v) is 7.80. The van der Waals surface area contributed by atoms with Gasteiger partial charge in [0.1, 0.15) is 11.6 Å². The number of ether oxygens (including phenoxy) is 2. The van der Waals surface area contributed by atoms with Gasteiger partial charge in [0, 0.05) is 17.7 Å². The van der Waals surface area contributed by atoms with Gasteiger partial charge in [0.05, 0.1) is 16.1 Å². The summed E-state index contributed by atoms with van der Waals surface area (Å²) in [6.45, 7) is 0.212. The van der Waals surface area contributed by atoms with Crippen LogP contribution in [0.1, 0.15) is 24.1 Å². The van der Waals surface area contributed by atoms with E-state index in [4.69, 9.17) is 21.1 Å². The molecule has 2 aromatic carbocycles. The largest absolute Gasteiger partial charge is 0.454 e. The summed E-state index contributed by atoms with van der Waals surface area (Å²) in [5.41, 5.74) is 2.54. The van der Waals surface area contributed by atoms with Gasteiger partial charge in [-0.3, -0.25) is 9.78 Å². The van der Waals surface area contributed by atoms with Crippen molar-refractivity contribution in [3.63, 3.8) is 0 Å². The van der Waals surface area contributed by atoms with Gasteiger partial charge >= 0.3 is 0 Å². The van der Waals surface area contributed by atoms with Crippen LogP contribution in [0.3, 0.4) is 0 Å². The van der Waals surface area contributed by atoms with Crippen LogP contribution in [0, 0.1) is 5.82 Å². The highest BCUT2D eigenvalue weighted by Gasteiger charge is 2.50. The van der Waals surface area contributed by atoms with Crippen molar-refractivity contribution in [3.05, 3.63) is 76.7 Å². The third-order valence-corrected chi connectivity index (χ3v) is 5.86. The highest BCUT2D eigenvalue weighted by Crippen LogP contribution is 2.51. The maximum atomic E-state index is 13.4. The first kappa shape index (κ1) is 18.1. The van der Waals surface area contributed by atoms with E-state index in [0.29, 0.717) is 28.5 Å². The molecule has 1 aliphatic heterocycles. The number of Topliss-reactive ketones (excluding diaryl/α,β-unsaturated/α-hetero) is 1. The van der Waals surface area contributed by atoms with E-state index in [1.165, 1.54) is 6.07 Å². The molecule has 0 bridgehead atoms. The van der Waals surface area contributed by atoms with E-state index in [9.17, 15) is 9.18 Å². The molecule has 0 saturated heterocycles. The van der Waals surface area contributed by atoms with Crippen LogP contribution in [0.2, 0.25) is 5.02 Å². The minimum atomic E-state index is -0.474. The number of carbonyl (C=O) groups is 1. The molecule has 0 unspecified atom stereocenters. The first-order valence-electron chi connectivity index (χ1n) is 9.40. The fraction of sp³-hybridized carbons (Fsp3) is 0.217. The molecule has 146 valence electrons. The van der Waals surface area contributed by atoms with Crippen LogP contribution in [0.15, 0.2) is 54.6 Å². The van der Waals surface area contributed by atoms with Crippen molar-refractivity contribution in [3.8, 4) is 22.8 Å². The van der Waals surface area contributed by atoms with Crippen LogP contribution in [0.25, 0.3) is 11.3 Å². The van der Waals surface area contributed by atoms with Crippen molar-refractivity contribution >= 4 is 17.4 Å². The number of nitrogens with zero attached hydrogens (tertiary/aromatic N) is 1. The monoisotopic (exact) mass is 409 g/mol. The van der Waals surface area contributed by atoms with Crippen LogP contribution in [-0.4, -0.2) is 17.6 Å². The SMILES string of the molecule is O=C(Cc1cccc(-c2ccc(F)c(Cl)c2)n1)C1(c2ccc3c(c2)OCO3)CC1. The Balaban J connectivity index is 1.39. The smallest absolute Gasteiger partial charge is 0.231 e. The highest BCUT2D eigenvalue weighted by atomic mass is 35.5. The molecule has 2 aliphatic rings. The van der Waals surface area contributed by atoms with Gasteiger partial charge in [-0.2, -0.15) is 0 Å². The van der Waals surface area contributed by atoms with Gasteiger partial charge in [-0.05, 0) is 60.9 Å². The quantitative estimate of drug-likeness (QED) is 0.587. The summed E-state index contributed by atoms with van der Waals surface area (Å²) in [4.78, 5) is 17.8. The van der Waals surface area contributed by atoms with E-state index in [1.807, 2.05) is 36.4 Å². The normalized spacial score (nSPS) is 15.9. The number of aromatic nitrogens is 1. The standard InChI is InChI=1S/C23H17ClFNO3/c24-17-10-14(4-6-18(17)25)19-3-1-2-16(26-19)12-22(27)23(8-9-23)15-5-7-20-21(11-15)29-13-28-20/h1-7,10-11H,8-9,12-13H2. The van der Waals surface area contributed by atoms with E-state index in [2.05, 4.69) is 4.98 Å². The van der Waals surface area contributed by atoms with Gasteiger partial charge in [-0.1, -0.05) is 23.7 Å². The zero-order chi connectivity index (χ0) is 20.0. The van der Waals surface area contributed by atoms with Crippen molar-refractivity contribution in [1.82, 2.24) is 4.98 Å². The number of fused-ring (bicyclic) bond motifs is 1. The molecule has 2 heterocycles. The Kier molecular flexibility index (Phi) is 4.28. The fourth-order valence-corrected chi connectivity index (χ4v) is 3.96. The Morgan fingerprint density at radius 1 is 1.07 bits per heavy atom. The van der Waals surface area contributed by atoms with Gasteiger partial charge in [0.2, 0.25) is 6.79 Å². The van der Waals surface area contributed by atoms with Crippen molar-refractivity contribution < 1.29 is 18.7 Å². The molecule has 0 N–H and O–H groups in total. The van der Waals surface area contributed by atoms with Gasteiger partial charge in [-0.15, -0.1) is 0 Å². The van der Waals surface area contributed by atoms with Crippen LogP contribution >= 0.6 is 11.6 Å². The number of hydrogen-bond acceptors (Lipinski definition) is 4. The summed E-state index contributed by atoms with van der Waals surface area (Å²) in [7, 11) is 0. The fourth-order valence-electron chi connectivity index (χ4n) is 3.78. The van der Waals surface area contributed by atoms with Crippen LogP contribution in [-0.2, 0) is 16.6 Å². The molecule has 4 nitrogen and oxygen atoms in total. The summed E-state index contributed by atoms with van der Waals surface area (Å²) >= 11 is 5.89. The van der Waals surface area contributed by atoms with Crippen molar-refractivity contribution in [1.29, 1.82) is 0 Å². The van der Waals surface area contributed by atoms with Crippen molar-refractivity contribution in [2.75, 3.05) is 6.79 Å². The molecule has 5 rings (SSSR count). The highest BCUT2D eigenvalue weighted by molar-refractivity contribution is 6.31. The Bertz CT molecular complexity index is 1130. The Morgan fingerprint density at radius 3 is 2.69 bits per heavy atom. The van der Waals surface area contributed by atoms with Gasteiger partial charge in [0.15, 0.2) is 11.5 Å². The van der Waals surface area contributed by atoms with Crippen molar-refractivity contribution in [2.24, 2.45) is 0 Å². The van der Waals surface area contributed by atoms with E-state index >= 15 is 0 Å². The third kappa shape index (κ3) is 3.25. The first-order valence-corrected chi connectivity index (χ1v) is 9.78. The van der Waals surface area contributed by atoms with Gasteiger partial charge in [-0.25, -0.2) is 4.39 Å². The minimum Gasteiger partial charge on any atom is -0.454 e. The average molecular weight is 410 g/mol. The summed E-state index contributed by atoms with van der Waals surface area (Å²) in [5.74, 6) is 1.07. The maximum absolute atomic E-state index is 13.4.